The zero-order valence-electron chi connectivity index (χ0n) is 9.75. The topological polar surface area (TPSA) is 41.6 Å². The van der Waals surface area contributed by atoms with E-state index in [4.69, 9.17) is 4.74 Å². The Hall–Kier alpha value is -0.770. The lowest BCUT2D eigenvalue weighted by molar-refractivity contribution is 0.0227. The fourth-order valence-electron chi connectivity index (χ4n) is 2.40. The summed E-state index contributed by atoms with van der Waals surface area (Å²) in [7, 11) is 0. The molecule has 4 nitrogen and oxygen atoms in total. The zero-order chi connectivity index (χ0) is 11.1. The van der Waals surface area contributed by atoms with Crippen molar-refractivity contribution in [3.63, 3.8) is 0 Å². The van der Waals surface area contributed by atoms with Gasteiger partial charge in [-0.05, 0) is 33.1 Å². The second kappa shape index (κ2) is 3.67. The minimum absolute atomic E-state index is 0.154. The van der Waals surface area contributed by atoms with E-state index in [9.17, 15) is 4.79 Å². The average Bonchev–Trinajstić information content (AvgIpc) is 2.57. The molecule has 0 bridgehead atoms. The van der Waals surface area contributed by atoms with Crippen molar-refractivity contribution in [2.75, 3.05) is 19.6 Å². The van der Waals surface area contributed by atoms with Gasteiger partial charge in [-0.15, -0.1) is 0 Å². The quantitative estimate of drug-likeness (QED) is 0.656. The number of ether oxygens (including phenoxy) is 1. The van der Waals surface area contributed by atoms with Gasteiger partial charge in [0.2, 0.25) is 0 Å². The minimum atomic E-state index is -0.388. The van der Waals surface area contributed by atoms with Crippen molar-refractivity contribution in [1.29, 1.82) is 0 Å². The van der Waals surface area contributed by atoms with Crippen LogP contribution in [-0.4, -0.2) is 42.3 Å². The summed E-state index contributed by atoms with van der Waals surface area (Å²) in [4.78, 5) is 13.8. The summed E-state index contributed by atoms with van der Waals surface area (Å²) < 4.78 is 5.39. The first-order valence-corrected chi connectivity index (χ1v) is 5.68. The van der Waals surface area contributed by atoms with Gasteiger partial charge in [-0.25, -0.2) is 4.79 Å². The highest BCUT2D eigenvalue weighted by molar-refractivity contribution is 5.69. The van der Waals surface area contributed by atoms with Crippen LogP contribution in [0.2, 0.25) is 0 Å². The van der Waals surface area contributed by atoms with Gasteiger partial charge in [-0.3, -0.25) is 0 Å². The van der Waals surface area contributed by atoms with E-state index in [0.29, 0.717) is 12.0 Å². The van der Waals surface area contributed by atoms with Crippen LogP contribution in [0.15, 0.2) is 0 Å². The number of carbonyl (C=O) groups is 1. The minimum Gasteiger partial charge on any atom is -0.444 e. The summed E-state index contributed by atoms with van der Waals surface area (Å²) in [5, 5.41) is 3.32. The van der Waals surface area contributed by atoms with Crippen LogP contribution in [0.3, 0.4) is 0 Å². The summed E-state index contributed by atoms with van der Waals surface area (Å²) >= 11 is 0. The maximum Gasteiger partial charge on any atom is 0.410 e. The predicted molar refractivity (Wildman–Crippen MR) is 57.7 cm³/mol. The second-order valence-electron chi connectivity index (χ2n) is 5.45. The van der Waals surface area contributed by atoms with Crippen molar-refractivity contribution in [3.05, 3.63) is 0 Å². The van der Waals surface area contributed by atoms with Gasteiger partial charge in [0.15, 0.2) is 0 Å². The van der Waals surface area contributed by atoms with Crippen LogP contribution in [0.25, 0.3) is 0 Å². The molecular weight excluding hydrogens is 192 g/mol. The summed E-state index contributed by atoms with van der Waals surface area (Å²) in [6.07, 6.45) is 0.954. The molecule has 86 valence electrons. The maximum atomic E-state index is 11.9. The number of nitrogens with one attached hydrogen (secondary N) is 1. The largest absolute Gasteiger partial charge is 0.444 e. The van der Waals surface area contributed by atoms with Crippen LogP contribution in [0, 0.1) is 5.92 Å². The normalized spacial score (nSPS) is 30.5. The van der Waals surface area contributed by atoms with Crippen molar-refractivity contribution in [2.45, 2.75) is 38.8 Å². The molecule has 2 fully saturated rings. The number of amides is 1. The molecule has 0 radical (unpaired) electrons. The van der Waals surface area contributed by atoms with E-state index in [1.807, 2.05) is 25.7 Å². The third kappa shape index (κ3) is 2.25. The van der Waals surface area contributed by atoms with Gasteiger partial charge in [-0.2, -0.15) is 0 Å². The molecule has 0 aromatic rings. The fourth-order valence-corrected chi connectivity index (χ4v) is 2.40. The Morgan fingerprint density at radius 2 is 2.13 bits per heavy atom. The summed E-state index contributed by atoms with van der Waals surface area (Å²) in [6, 6.07) is 0.361. The van der Waals surface area contributed by atoms with Crippen LogP contribution in [0.1, 0.15) is 27.2 Å². The van der Waals surface area contributed by atoms with Crippen LogP contribution < -0.4 is 5.32 Å². The first-order chi connectivity index (χ1) is 6.97. The molecule has 1 amide bonds. The Morgan fingerprint density at radius 1 is 1.40 bits per heavy atom. The highest BCUT2D eigenvalue weighted by Crippen LogP contribution is 2.28. The van der Waals surface area contributed by atoms with Crippen molar-refractivity contribution in [1.82, 2.24) is 10.2 Å². The molecule has 2 atom stereocenters. The van der Waals surface area contributed by atoms with Gasteiger partial charge >= 0.3 is 6.09 Å². The Morgan fingerprint density at radius 3 is 2.80 bits per heavy atom. The number of fused-ring (bicyclic) bond motifs is 1. The molecule has 1 N–H and O–H groups in total. The first-order valence-electron chi connectivity index (χ1n) is 5.68. The van der Waals surface area contributed by atoms with Crippen LogP contribution in [0.4, 0.5) is 4.79 Å². The van der Waals surface area contributed by atoms with E-state index >= 15 is 0 Å². The van der Waals surface area contributed by atoms with Gasteiger partial charge in [-0.1, -0.05) is 0 Å². The molecule has 1 unspecified atom stereocenters. The molecule has 15 heavy (non-hydrogen) atoms. The van der Waals surface area contributed by atoms with Gasteiger partial charge in [0.05, 0.1) is 6.04 Å². The Balaban J connectivity index is 1.96. The van der Waals surface area contributed by atoms with E-state index < -0.39 is 0 Å². The second-order valence-corrected chi connectivity index (χ2v) is 5.45. The molecule has 0 spiro atoms. The van der Waals surface area contributed by atoms with Gasteiger partial charge in [0.1, 0.15) is 5.60 Å². The SMILES string of the molecule is CC(C)(C)OC(=O)N1CCC2CNC[C@@H]21. The molecule has 0 saturated carbocycles. The van der Waals surface area contributed by atoms with Gasteiger partial charge < -0.3 is 15.0 Å². The number of rotatable bonds is 0. The van der Waals surface area contributed by atoms with E-state index in [1.54, 1.807) is 0 Å². The molecule has 4 heteroatoms. The van der Waals surface area contributed by atoms with Gasteiger partial charge in [0, 0.05) is 19.6 Å². The molecule has 0 aromatic carbocycles. The Labute approximate surface area is 91.0 Å². The summed E-state index contributed by atoms with van der Waals surface area (Å²) in [5.74, 6) is 0.637. The van der Waals surface area contributed by atoms with Crippen LogP contribution in [-0.2, 0) is 4.74 Å². The monoisotopic (exact) mass is 212 g/mol. The number of carbonyl (C=O) groups excluding carboxylic acids is 1. The van der Waals surface area contributed by atoms with Gasteiger partial charge in [0.25, 0.3) is 0 Å². The fraction of sp³-hybridized carbons (Fsp3) is 0.909. The first kappa shape index (κ1) is 10.7. The summed E-state index contributed by atoms with van der Waals surface area (Å²) in [5.41, 5.74) is -0.388. The lowest BCUT2D eigenvalue weighted by atomic mass is 10.1. The third-order valence-corrected chi connectivity index (χ3v) is 3.07. The lowest BCUT2D eigenvalue weighted by Crippen LogP contribution is -2.42. The highest BCUT2D eigenvalue weighted by Gasteiger charge is 2.41. The van der Waals surface area contributed by atoms with Crippen molar-refractivity contribution in [3.8, 4) is 0 Å². The van der Waals surface area contributed by atoms with Crippen molar-refractivity contribution in [2.24, 2.45) is 5.92 Å². The molecule has 2 saturated heterocycles. The third-order valence-electron chi connectivity index (χ3n) is 3.07. The highest BCUT2D eigenvalue weighted by atomic mass is 16.6. The van der Waals surface area contributed by atoms with Crippen LogP contribution >= 0.6 is 0 Å². The maximum absolute atomic E-state index is 11.9. The predicted octanol–water partition coefficient (Wildman–Crippen LogP) is 1.22. The number of hydrogen-bond acceptors (Lipinski definition) is 3. The standard InChI is InChI=1S/C11H20N2O2/c1-11(2,3)15-10(14)13-5-4-8-6-12-7-9(8)13/h8-9,12H,4-7H2,1-3H3/t8?,9-/m0/s1. The van der Waals surface area contributed by atoms with E-state index in [1.165, 1.54) is 0 Å². The number of nitrogens with zero attached hydrogens (tertiary/aromatic N) is 1. The Kier molecular flexibility index (Phi) is 2.63. The van der Waals surface area contributed by atoms with Crippen LogP contribution in [0.5, 0.6) is 0 Å². The Bertz CT molecular complexity index is 260. The molecule has 2 heterocycles. The summed E-state index contributed by atoms with van der Waals surface area (Å²) in [6.45, 7) is 8.54. The molecule has 2 aliphatic heterocycles. The smallest absolute Gasteiger partial charge is 0.410 e. The van der Waals surface area contributed by atoms with Crippen molar-refractivity contribution < 1.29 is 9.53 Å². The van der Waals surface area contributed by atoms with Crippen molar-refractivity contribution >= 4 is 6.09 Å². The molecule has 0 aromatic heterocycles. The number of likely N-dealkylation sites (tertiary alicyclic amines) is 1. The van der Waals surface area contributed by atoms with E-state index in [0.717, 1.165) is 26.1 Å². The molecule has 2 rings (SSSR count). The zero-order valence-corrected chi connectivity index (χ0v) is 9.75. The average molecular weight is 212 g/mol. The molecule has 0 aliphatic carbocycles. The van der Waals surface area contributed by atoms with E-state index in [-0.39, 0.29) is 11.7 Å². The van der Waals surface area contributed by atoms with E-state index in [2.05, 4.69) is 5.32 Å². The lowest BCUT2D eigenvalue weighted by Gasteiger charge is -2.27. The number of hydrogen-bond donors (Lipinski definition) is 1. The molecule has 2 aliphatic rings. The molecular formula is C11H20N2O2.